The van der Waals surface area contributed by atoms with Gasteiger partial charge in [-0.25, -0.2) is 0 Å². The van der Waals surface area contributed by atoms with Gasteiger partial charge in [-0.3, -0.25) is 20.4 Å². The number of carbonyl (C=O) groups excluding carboxylic acids is 2. The van der Waals surface area contributed by atoms with Crippen LogP contribution in [-0.2, 0) is 4.79 Å². The molecular weight excluding hydrogens is 420 g/mol. The maximum absolute atomic E-state index is 12.5. The van der Waals surface area contributed by atoms with E-state index in [1.54, 1.807) is 12.1 Å². The summed E-state index contributed by atoms with van der Waals surface area (Å²) in [5.41, 5.74) is 4.41. The van der Waals surface area contributed by atoms with E-state index in [0.717, 1.165) is 30.4 Å². The summed E-state index contributed by atoms with van der Waals surface area (Å²) in [5, 5.41) is 0.328. The van der Waals surface area contributed by atoms with Gasteiger partial charge >= 0.3 is 13.2 Å². The van der Waals surface area contributed by atoms with E-state index in [2.05, 4.69) is 20.3 Å². The van der Waals surface area contributed by atoms with Crippen LogP contribution in [0.15, 0.2) is 48.5 Å². The number of halogens is 5. The number of hydrogen-bond donors (Lipinski definition) is 2. The van der Waals surface area contributed by atoms with E-state index in [1.165, 1.54) is 12.1 Å². The van der Waals surface area contributed by atoms with Crippen molar-refractivity contribution >= 4 is 29.5 Å². The highest BCUT2D eigenvalue weighted by atomic mass is 35.5. The zero-order valence-corrected chi connectivity index (χ0v) is 15.1. The molecule has 2 aromatic rings. The molecule has 6 nitrogen and oxygen atoms in total. The molecule has 0 aliphatic rings. The first-order valence-corrected chi connectivity index (χ1v) is 8.20. The lowest BCUT2D eigenvalue weighted by Gasteiger charge is -2.11. The fourth-order valence-corrected chi connectivity index (χ4v) is 2.24. The third kappa shape index (κ3) is 7.34. The first kappa shape index (κ1) is 22.0. The van der Waals surface area contributed by atoms with Crippen molar-refractivity contribution in [1.29, 1.82) is 0 Å². The third-order valence-electron chi connectivity index (χ3n) is 3.23. The molecule has 0 spiro atoms. The molecule has 0 heterocycles. The molecule has 0 radical (unpaired) electrons. The number of nitrogens with one attached hydrogen (secondary N) is 2. The van der Waals surface area contributed by atoms with E-state index in [1.807, 2.05) is 0 Å². The van der Waals surface area contributed by atoms with Gasteiger partial charge in [0, 0.05) is 28.3 Å². The zero-order valence-electron chi connectivity index (χ0n) is 14.4. The molecule has 0 atom stereocenters. The van der Waals surface area contributed by atoms with Crippen molar-refractivity contribution in [2.75, 3.05) is 0 Å². The van der Waals surface area contributed by atoms with E-state index in [-0.39, 0.29) is 11.1 Å². The predicted octanol–water partition coefficient (Wildman–Crippen LogP) is 4.02. The Hall–Kier alpha value is -3.27. The van der Waals surface area contributed by atoms with Crippen LogP contribution in [0.4, 0.5) is 17.6 Å². The smallest absolute Gasteiger partial charge is 0.387 e. The summed E-state index contributed by atoms with van der Waals surface area (Å²) in [6, 6.07) is 9.03. The molecule has 0 unspecified atom stereocenters. The molecule has 0 fully saturated rings. The molecule has 29 heavy (non-hydrogen) atoms. The molecule has 154 valence electrons. The Labute approximate surface area is 167 Å². The number of carbonyl (C=O) groups is 2. The van der Waals surface area contributed by atoms with Crippen molar-refractivity contribution in [1.82, 2.24) is 10.9 Å². The van der Waals surface area contributed by atoms with Crippen LogP contribution in [0.1, 0.15) is 15.9 Å². The molecule has 0 saturated carbocycles. The summed E-state index contributed by atoms with van der Waals surface area (Å²) in [6.45, 7) is -6.38. The lowest BCUT2D eigenvalue weighted by molar-refractivity contribution is -0.117. The molecular formula is C18H13ClF4N2O4. The first-order chi connectivity index (χ1) is 13.7. The summed E-state index contributed by atoms with van der Waals surface area (Å²) >= 11 is 5.76. The summed E-state index contributed by atoms with van der Waals surface area (Å²) < 4.78 is 57.9. The van der Waals surface area contributed by atoms with Gasteiger partial charge in [-0.05, 0) is 36.4 Å². The van der Waals surface area contributed by atoms with Gasteiger partial charge in [-0.1, -0.05) is 17.7 Å². The average Bonchev–Trinajstić information content (AvgIpc) is 2.64. The van der Waals surface area contributed by atoms with Crippen molar-refractivity contribution in [2.24, 2.45) is 0 Å². The summed E-state index contributed by atoms with van der Waals surface area (Å²) in [6.07, 6.45) is 2.00. The van der Waals surface area contributed by atoms with Crippen molar-refractivity contribution in [3.8, 4) is 11.5 Å². The SMILES string of the molecule is O=C(/C=C/c1ccc(OC(F)F)cc1OC(F)F)NNC(=O)c1cccc(Cl)c1. The summed E-state index contributed by atoms with van der Waals surface area (Å²) in [7, 11) is 0. The monoisotopic (exact) mass is 432 g/mol. The Morgan fingerprint density at radius 2 is 1.69 bits per heavy atom. The van der Waals surface area contributed by atoms with Crippen molar-refractivity contribution in [2.45, 2.75) is 13.2 Å². The van der Waals surface area contributed by atoms with E-state index < -0.39 is 36.5 Å². The average molecular weight is 433 g/mol. The van der Waals surface area contributed by atoms with Gasteiger partial charge in [0.15, 0.2) is 0 Å². The van der Waals surface area contributed by atoms with Crippen LogP contribution in [0.2, 0.25) is 5.02 Å². The van der Waals surface area contributed by atoms with E-state index in [9.17, 15) is 27.2 Å². The summed E-state index contributed by atoms with van der Waals surface area (Å²) in [5.74, 6) is -2.31. The topological polar surface area (TPSA) is 76.7 Å². The largest absolute Gasteiger partial charge is 0.435 e. The third-order valence-corrected chi connectivity index (χ3v) is 3.46. The van der Waals surface area contributed by atoms with E-state index in [0.29, 0.717) is 5.02 Å². The van der Waals surface area contributed by atoms with Gasteiger partial charge in [0.2, 0.25) is 0 Å². The lowest BCUT2D eigenvalue weighted by atomic mass is 10.1. The molecule has 2 amide bonds. The normalized spacial score (nSPS) is 11.0. The van der Waals surface area contributed by atoms with Crippen LogP contribution < -0.4 is 20.3 Å². The minimum Gasteiger partial charge on any atom is -0.435 e. The highest BCUT2D eigenvalue weighted by Gasteiger charge is 2.13. The number of hydrazine groups is 1. The fourth-order valence-electron chi connectivity index (χ4n) is 2.05. The second-order valence-corrected chi connectivity index (χ2v) is 5.68. The molecule has 2 aromatic carbocycles. The number of hydrogen-bond acceptors (Lipinski definition) is 4. The Bertz CT molecular complexity index is 909. The number of amides is 2. The number of alkyl halides is 4. The minimum atomic E-state index is -3.23. The molecule has 0 aliphatic carbocycles. The van der Waals surface area contributed by atoms with Crippen LogP contribution in [0.5, 0.6) is 11.5 Å². The minimum absolute atomic E-state index is 0.0109. The molecule has 0 bridgehead atoms. The molecule has 0 saturated heterocycles. The van der Waals surface area contributed by atoms with Gasteiger partial charge in [0.05, 0.1) is 0 Å². The zero-order chi connectivity index (χ0) is 21.4. The quantitative estimate of drug-likeness (QED) is 0.394. The number of benzene rings is 2. The molecule has 11 heteroatoms. The molecule has 2 rings (SSSR count). The lowest BCUT2D eigenvalue weighted by Crippen LogP contribution is -2.40. The van der Waals surface area contributed by atoms with Crippen LogP contribution >= 0.6 is 11.6 Å². The Kier molecular flexibility index (Phi) is 7.84. The highest BCUT2D eigenvalue weighted by Crippen LogP contribution is 2.28. The van der Waals surface area contributed by atoms with Gasteiger partial charge in [0.25, 0.3) is 11.8 Å². The second-order valence-electron chi connectivity index (χ2n) is 5.24. The molecule has 2 N–H and O–H groups in total. The molecule has 0 aliphatic heterocycles. The van der Waals surface area contributed by atoms with Crippen molar-refractivity contribution < 1.29 is 36.6 Å². The predicted molar refractivity (Wildman–Crippen MR) is 95.8 cm³/mol. The summed E-state index contributed by atoms with van der Waals surface area (Å²) in [4.78, 5) is 23.7. The van der Waals surface area contributed by atoms with Crippen LogP contribution in [-0.4, -0.2) is 25.0 Å². The van der Waals surface area contributed by atoms with Gasteiger partial charge in [-0.2, -0.15) is 17.6 Å². The number of ether oxygens (including phenoxy) is 2. The van der Waals surface area contributed by atoms with Gasteiger partial charge < -0.3 is 9.47 Å². The molecule has 0 aromatic heterocycles. The van der Waals surface area contributed by atoms with E-state index >= 15 is 0 Å². The Morgan fingerprint density at radius 3 is 2.34 bits per heavy atom. The fraction of sp³-hybridized carbons (Fsp3) is 0.111. The highest BCUT2D eigenvalue weighted by molar-refractivity contribution is 6.30. The Morgan fingerprint density at radius 1 is 0.966 bits per heavy atom. The van der Waals surface area contributed by atoms with Crippen LogP contribution in [0.3, 0.4) is 0 Å². The van der Waals surface area contributed by atoms with Crippen LogP contribution in [0, 0.1) is 0 Å². The maximum atomic E-state index is 12.5. The second kappa shape index (κ2) is 10.3. The van der Waals surface area contributed by atoms with Gasteiger partial charge in [-0.15, -0.1) is 0 Å². The van der Waals surface area contributed by atoms with Crippen molar-refractivity contribution in [3.05, 3.63) is 64.7 Å². The standard InChI is InChI=1S/C18H13ClF4N2O4/c19-12-3-1-2-11(8-12)16(27)25-24-15(26)7-5-10-4-6-13(28-17(20)21)9-14(10)29-18(22)23/h1-9,17-18H,(H,24,26)(H,25,27)/b7-5+. The van der Waals surface area contributed by atoms with Gasteiger partial charge in [0.1, 0.15) is 11.5 Å². The van der Waals surface area contributed by atoms with Crippen LogP contribution in [0.25, 0.3) is 6.08 Å². The van der Waals surface area contributed by atoms with E-state index in [4.69, 9.17) is 11.6 Å². The van der Waals surface area contributed by atoms with Crippen molar-refractivity contribution in [3.63, 3.8) is 0 Å². The maximum Gasteiger partial charge on any atom is 0.387 e. The first-order valence-electron chi connectivity index (χ1n) is 7.82. The number of rotatable bonds is 7. The Balaban J connectivity index is 2.03.